The van der Waals surface area contributed by atoms with Gasteiger partial charge in [-0.25, -0.2) is 4.39 Å². The lowest BCUT2D eigenvalue weighted by molar-refractivity contribution is -0.136. The van der Waals surface area contributed by atoms with Gasteiger partial charge in [0.15, 0.2) is 0 Å². The average molecular weight is 484 g/mol. The minimum Gasteiger partial charge on any atom is -0.377 e. The molecule has 3 aromatic carbocycles. The van der Waals surface area contributed by atoms with Crippen LogP contribution < -0.4 is 10.2 Å². The third kappa shape index (κ3) is 6.56. The molecule has 0 unspecified atom stereocenters. The Morgan fingerprint density at radius 1 is 1.00 bits per heavy atom. The summed E-state index contributed by atoms with van der Waals surface area (Å²) in [6, 6.07) is 18.4. The number of anilines is 2. The topological polar surface area (TPSA) is 61.9 Å². The van der Waals surface area contributed by atoms with Gasteiger partial charge in [0.1, 0.15) is 12.4 Å². The van der Waals surface area contributed by atoms with Crippen LogP contribution >= 0.6 is 11.6 Å². The standard InChI is InChI=1S/C26H27ClFN3O3/c1-30(2)24-12-11-21(29-26(33)22-9-4-5-10-23(22)27)14-19(24)16-31(25(32)17-34-3)15-18-7-6-8-20(28)13-18/h4-14H,15-17H2,1-3H3,(H,29,33). The molecule has 8 heteroatoms. The van der Waals surface area contributed by atoms with Gasteiger partial charge in [-0.05, 0) is 53.6 Å². The normalized spacial score (nSPS) is 10.6. The fourth-order valence-electron chi connectivity index (χ4n) is 3.58. The molecule has 0 bridgehead atoms. The van der Waals surface area contributed by atoms with E-state index in [2.05, 4.69) is 5.32 Å². The van der Waals surface area contributed by atoms with Crippen molar-refractivity contribution < 1.29 is 18.7 Å². The molecule has 0 saturated heterocycles. The highest BCUT2D eigenvalue weighted by Crippen LogP contribution is 2.26. The number of nitrogens with zero attached hydrogens (tertiary/aromatic N) is 2. The Balaban J connectivity index is 1.90. The number of carbonyl (C=O) groups excluding carboxylic acids is 2. The monoisotopic (exact) mass is 483 g/mol. The van der Waals surface area contributed by atoms with Crippen LogP contribution in [0, 0.1) is 5.82 Å². The summed E-state index contributed by atoms with van der Waals surface area (Å²) in [6.45, 7) is 0.348. The van der Waals surface area contributed by atoms with Crippen molar-refractivity contribution in [2.75, 3.05) is 38.0 Å². The number of carbonyl (C=O) groups is 2. The van der Waals surface area contributed by atoms with Gasteiger partial charge in [-0.2, -0.15) is 0 Å². The molecule has 1 N–H and O–H groups in total. The quantitative estimate of drug-likeness (QED) is 0.466. The van der Waals surface area contributed by atoms with Crippen molar-refractivity contribution in [3.63, 3.8) is 0 Å². The maximum absolute atomic E-state index is 13.7. The molecule has 0 spiro atoms. The number of hydrogen-bond donors (Lipinski definition) is 1. The van der Waals surface area contributed by atoms with E-state index < -0.39 is 0 Å². The SMILES string of the molecule is COCC(=O)N(Cc1cccc(F)c1)Cc1cc(NC(=O)c2ccccc2Cl)ccc1N(C)C. The predicted octanol–water partition coefficient (Wildman–Crippen LogP) is 4.97. The first-order valence-electron chi connectivity index (χ1n) is 10.7. The van der Waals surface area contributed by atoms with Gasteiger partial charge in [0.2, 0.25) is 5.91 Å². The summed E-state index contributed by atoms with van der Waals surface area (Å²) in [6.07, 6.45) is 0. The molecular formula is C26H27ClFN3O3. The zero-order valence-electron chi connectivity index (χ0n) is 19.3. The fraction of sp³-hybridized carbons (Fsp3) is 0.231. The zero-order valence-corrected chi connectivity index (χ0v) is 20.1. The summed E-state index contributed by atoms with van der Waals surface area (Å²) in [5.74, 6) is -0.932. The van der Waals surface area contributed by atoms with Gasteiger partial charge in [-0.15, -0.1) is 0 Å². The smallest absolute Gasteiger partial charge is 0.257 e. The van der Waals surface area contributed by atoms with Crippen LogP contribution in [0.15, 0.2) is 66.7 Å². The lowest BCUT2D eigenvalue weighted by Crippen LogP contribution is -2.33. The molecule has 3 aromatic rings. The summed E-state index contributed by atoms with van der Waals surface area (Å²) in [7, 11) is 5.25. The van der Waals surface area contributed by atoms with Gasteiger partial charge < -0.3 is 19.9 Å². The molecule has 0 atom stereocenters. The summed E-state index contributed by atoms with van der Waals surface area (Å²) in [5, 5.41) is 3.23. The third-order valence-electron chi connectivity index (χ3n) is 5.18. The number of methoxy groups -OCH3 is 1. The lowest BCUT2D eigenvalue weighted by atomic mass is 10.1. The molecule has 0 aliphatic carbocycles. The van der Waals surface area contributed by atoms with Crippen LogP contribution in [-0.2, 0) is 22.6 Å². The second kappa shape index (κ2) is 11.6. The largest absolute Gasteiger partial charge is 0.377 e. The summed E-state index contributed by atoms with van der Waals surface area (Å²) >= 11 is 6.15. The fourth-order valence-corrected chi connectivity index (χ4v) is 3.80. The van der Waals surface area contributed by atoms with Crippen LogP contribution in [-0.4, -0.2) is 44.5 Å². The van der Waals surface area contributed by atoms with Crippen LogP contribution in [0.4, 0.5) is 15.8 Å². The number of amides is 2. The summed E-state index contributed by atoms with van der Waals surface area (Å²) < 4.78 is 18.8. The van der Waals surface area contributed by atoms with Crippen molar-refractivity contribution in [3.05, 3.63) is 94.3 Å². The first kappa shape index (κ1) is 25.2. The highest BCUT2D eigenvalue weighted by atomic mass is 35.5. The second-order valence-electron chi connectivity index (χ2n) is 7.98. The second-order valence-corrected chi connectivity index (χ2v) is 8.39. The van der Waals surface area contributed by atoms with E-state index in [-0.39, 0.29) is 37.3 Å². The number of halogens is 2. The Bertz CT molecular complexity index is 1170. The number of benzene rings is 3. The Labute approximate surface area is 203 Å². The zero-order chi connectivity index (χ0) is 24.7. The van der Waals surface area contributed by atoms with Crippen LogP contribution in [0.2, 0.25) is 5.02 Å². The molecule has 0 radical (unpaired) electrons. The molecule has 2 amide bonds. The minimum absolute atomic E-state index is 0.102. The molecule has 0 aliphatic rings. The van der Waals surface area contributed by atoms with E-state index in [9.17, 15) is 14.0 Å². The Kier molecular flexibility index (Phi) is 8.62. The third-order valence-corrected chi connectivity index (χ3v) is 5.51. The molecule has 0 heterocycles. The Morgan fingerprint density at radius 3 is 2.44 bits per heavy atom. The van der Waals surface area contributed by atoms with Crippen LogP contribution in [0.3, 0.4) is 0 Å². The van der Waals surface area contributed by atoms with Crippen LogP contribution in [0.25, 0.3) is 0 Å². The van der Waals surface area contributed by atoms with Gasteiger partial charge in [0.25, 0.3) is 5.91 Å². The van der Waals surface area contributed by atoms with Crippen LogP contribution in [0.1, 0.15) is 21.5 Å². The number of ether oxygens (including phenoxy) is 1. The Morgan fingerprint density at radius 2 is 1.76 bits per heavy atom. The molecule has 3 rings (SSSR count). The lowest BCUT2D eigenvalue weighted by Gasteiger charge is -2.26. The Hall–Kier alpha value is -3.42. The first-order chi connectivity index (χ1) is 16.3. The molecule has 0 fully saturated rings. The van der Waals surface area contributed by atoms with E-state index in [1.807, 2.05) is 31.1 Å². The van der Waals surface area contributed by atoms with E-state index in [0.29, 0.717) is 21.8 Å². The van der Waals surface area contributed by atoms with Crippen molar-refractivity contribution in [2.24, 2.45) is 0 Å². The summed E-state index contributed by atoms with van der Waals surface area (Å²) in [5.41, 5.74) is 3.29. The van der Waals surface area contributed by atoms with Gasteiger partial charge in [-0.3, -0.25) is 9.59 Å². The van der Waals surface area contributed by atoms with E-state index in [0.717, 1.165) is 11.3 Å². The van der Waals surface area contributed by atoms with E-state index >= 15 is 0 Å². The molecule has 178 valence electrons. The van der Waals surface area contributed by atoms with E-state index in [1.54, 1.807) is 47.4 Å². The minimum atomic E-state index is -0.366. The average Bonchev–Trinajstić information content (AvgIpc) is 2.79. The van der Waals surface area contributed by atoms with Crippen molar-refractivity contribution in [1.29, 1.82) is 0 Å². The van der Waals surface area contributed by atoms with Crippen LogP contribution in [0.5, 0.6) is 0 Å². The van der Waals surface area contributed by atoms with Gasteiger partial charge >= 0.3 is 0 Å². The highest BCUT2D eigenvalue weighted by Gasteiger charge is 2.18. The maximum Gasteiger partial charge on any atom is 0.257 e. The molecular weight excluding hydrogens is 457 g/mol. The van der Waals surface area contributed by atoms with Gasteiger partial charge in [0, 0.05) is 45.7 Å². The molecule has 0 aliphatic heterocycles. The van der Waals surface area contributed by atoms with Crippen molar-refractivity contribution >= 4 is 34.8 Å². The number of nitrogens with one attached hydrogen (secondary N) is 1. The number of rotatable bonds is 9. The molecule has 0 saturated carbocycles. The van der Waals surface area contributed by atoms with Gasteiger partial charge in [0.05, 0.1) is 10.6 Å². The van der Waals surface area contributed by atoms with E-state index in [4.69, 9.17) is 16.3 Å². The maximum atomic E-state index is 13.7. The van der Waals surface area contributed by atoms with Crippen molar-refractivity contribution in [3.8, 4) is 0 Å². The first-order valence-corrected chi connectivity index (χ1v) is 11.0. The highest BCUT2D eigenvalue weighted by molar-refractivity contribution is 6.34. The summed E-state index contributed by atoms with van der Waals surface area (Å²) in [4.78, 5) is 29.1. The number of hydrogen-bond acceptors (Lipinski definition) is 4. The molecule has 0 aromatic heterocycles. The predicted molar refractivity (Wildman–Crippen MR) is 133 cm³/mol. The van der Waals surface area contributed by atoms with Crippen molar-refractivity contribution in [2.45, 2.75) is 13.1 Å². The van der Waals surface area contributed by atoms with E-state index in [1.165, 1.54) is 19.2 Å². The van der Waals surface area contributed by atoms with Crippen molar-refractivity contribution in [1.82, 2.24) is 4.90 Å². The molecule has 34 heavy (non-hydrogen) atoms. The van der Waals surface area contributed by atoms with Gasteiger partial charge in [-0.1, -0.05) is 35.9 Å². The molecule has 6 nitrogen and oxygen atoms in total.